The molecule has 0 aliphatic carbocycles. The largest absolute Gasteiger partial charge is 0.414 e. The van der Waals surface area contributed by atoms with E-state index in [2.05, 4.69) is 70.3 Å². The maximum atomic E-state index is 10.9. The van der Waals surface area contributed by atoms with Crippen molar-refractivity contribution in [3.63, 3.8) is 0 Å². The molecule has 1 atom stereocenters. The molecular formula is C28H36O3Si. The maximum Gasteiger partial charge on any atom is 0.192 e. The Bertz CT molecular complexity index is 854. The summed E-state index contributed by atoms with van der Waals surface area (Å²) < 4.78 is 12.9. The first kappa shape index (κ1) is 24.4. The number of benzene rings is 3. The Kier molecular flexibility index (Phi) is 7.73. The Morgan fingerprint density at radius 2 is 1.06 bits per heavy atom. The third kappa shape index (κ3) is 5.38. The molecule has 3 aromatic carbocycles. The molecule has 4 heteroatoms. The molecule has 0 radical (unpaired) electrons. The van der Waals surface area contributed by atoms with Crippen LogP contribution in [0.4, 0.5) is 0 Å². The Hall–Kier alpha value is -2.24. The number of rotatable bonds is 9. The molecule has 0 bridgehead atoms. The van der Waals surface area contributed by atoms with Gasteiger partial charge in [-0.2, -0.15) is 0 Å². The summed E-state index contributed by atoms with van der Waals surface area (Å²) in [4.78, 5) is 0. The molecule has 0 amide bonds. The minimum absolute atomic E-state index is 0.0927. The van der Waals surface area contributed by atoms with Crippen molar-refractivity contribution >= 4 is 8.32 Å². The topological polar surface area (TPSA) is 38.7 Å². The molecule has 0 saturated heterocycles. The predicted octanol–water partition coefficient (Wildman–Crippen LogP) is 6.38. The zero-order chi connectivity index (χ0) is 23.2. The van der Waals surface area contributed by atoms with Crippen LogP contribution in [0.15, 0.2) is 91.0 Å². The monoisotopic (exact) mass is 448 g/mol. The van der Waals surface area contributed by atoms with Crippen molar-refractivity contribution in [2.75, 3.05) is 13.2 Å². The van der Waals surface area contributed by atoms with E-state index < -0.39 is 20.0 Å². The van der Waals surface area contributed by atoms with E-state index in [4.69, 9.17) is 9.16 Å². The number of aliphatic hydroxyl groups excluding tert-OH is 1. The van der Waals surface area contributed by atoms with E-state index in [1.54, 1.807) is 0 Å². The van der Waals surface area contributed by atoms with Crippen molar-refractivity contribution in [1.29, 1.82) is 0 Å². The van der Waals surface area contributed by atoms with Gasteiger partial charge in [-0.25, -0.2) is 0 Å². The van der Waals surface area contributed by atoms with Crippen LogP contribution in [0.1, 0.15) is 37.5 Å². The fraction of sp³-hybridized carbons (Fsp3) is 0.357. The van der Waals surface area contributed by atoms with Gasteiger partial charge in [0.25, 0.3) is 0 Å². The SMILES string of the molecule is CC(C)(C)[Si](C)(C)OCC(O)COC(c1ccccc1)(c1ccccc1)c1ccccc1. The lowest BCUT2D eigenvalue weighted by atomic mass is 9.80. The summed E-state index contributed by atoms with van der Waals surface area (Å²) in [5.74, 6) is 0. The van der Waals surface area contributed by atoms with Crippen molar-refractivity contribution < 1.29 is 14.3 Å². The number of aliphatic hydroxyl groups is 1. The Morgan fingerprint density at radius 3 is 1.41 bits per heavy atom. The van der Waals surface area contributed by atoms with Crippen LogP contribution < -0.4 is 0 Å². The summed E-state index contributed by atoms with van der Waals surface area (Å²) in [6.07, 6.45) is -0.723. The Balaban J connectivity index is 1.94. The van der Waals surface area contributed by atoms with Gasteiger partial charge in [-0.05, 0) is 34.8 Å². The van der Waals surface area contributed by atoms with E-state index in [0.29, 0.717) is 0 Å². The van der Waals surface area contributed by atoms with Crippen LogP contribution >= 0.6 is 0 Å². The molecule has 0 aliphatic heterocycles. The van der Waals surface area contributed by atoms with Gasteiger partial charge in [-0.15, -0.1) is 0 Å². The molecule has 32 heavy (non-hydrogen) atoms. The molecule has 3 aromatic rings. The van der Waals surface area contributed by atoms with Gasteiger partial charge in [0.2, 0.25) is 0 Å². The van der Waals surface area contributed by atoms with Crippen molar-refractivity contribution in [3.05, 3.63) is 108 Å². The standard InChI is InChI=1S/C28H36O3Si/c1-27(2,3)32(4,5)31-22-26(29)21-30-28(23-15-9-6-10-16-23,24-17-11-7-12-18-24)25-19-13-8-14-20-25/h6-20,26,29H,21-22H2,1-5H3. The van der Waals surface area contributed by atoms with E-state index >= 15 is 0 Å². The normalized spacial score (nSPS) is 13.7. The lowest BCUT2D eigenvalue weighted by Gasteiger charge is -2.38. The molecule has 3 nitrogen and oxygen atoms in total. The van der Waals surface area contributed by atoms with Gasteiger partial charge < -0.3 is 14.3 Å². The van der Waals surface area contributed by atoms with Crippen LogP contribution in [0.3, 0.4) is 0 Å². The van der Waals surface area contributed by atoms with Crippen LogP contribution in [0.5, 0.6) is 0 Å². The molecule has 0 heterocycles. The van der Waals surface area contributed by atoms with Crippen LogP contribution in [0, 0.1) is 0 Å². The lowest BCUT2D eigenvalue weighted by Crippen LogP contribution is -2.44. The Morgan fingerprint density at radius 1 is 0.688 bits per heavy atom. The first-order valence-electron chi connectivity index (χ1n) is 11.3. The van der Waals surface area contributed by atoms with E-state index in [1.807, 2.05) is 54.6 Å². The zero-order valence-electron chi connectivity index (χ0n) is 19.9. The molecule has 0 spiro atoms. The summed E-state index contributed by atoms with van der Waals surface area (Å²) in [5, 5.41) is 10.9. The van der Waals surface area contributed by atoms with Crippen molar-refractivity contribution in [2.45, 2.75) is 50.6 Å². The van der Waals surface area contributed by atoms with Crippen molar-refractivity contribution in [1.82, 2.24) is 0 Å². The van der Waals surface area contributed by atoms with E-state index in [-0.39, 0.29) is 18.3 Å². The molecular weight excluding hydrogens is 412 g/mol. The smallest absolute Gasteiger partial charge is 0.192 e. The van der Waals surface area contributed by atoms with Crippen LogP contribution in [-0.2, 0) is 14.8 Å². The van der Waals surface area contributed by atoms with Gasteiger partial charge in [0.1, 0.15) is 5.60 Å². The first-order chi connectivity index (χ1) is 15.2. The van der Waals surface area contributed by atoms with Gasteiger partial charge >= 0.3 is 0 Å². The summed E-state index contributed by atoms with van der Waals surface area (Å²) in [7, 11) is -1.95. The highest BCUT2D eigenvalue weighted by atomic mass is 28.4. The van der Waals surface area contributed by atoms with Crippen molar-refractivity contribution in [2.24, 2.45) is 0 Å². The van der Waals surface area contributed by atoms with Crippen LogP contribution in [0.25, 0.3) is 0 Å². The fourth-order valence-electron chi connectivity index (χ4n) is 3.56. The highest BCUT2D eigenvalue weighted by molar-refractivity contribution is 6.74. The molecule has 1 N–H and O–H groups in total. The predicted molar refractivity (Wildman–Crippen MR) is 134 cm³/mol. The minimum atomic E-state index is -1.95. The van der Waals surface area contributed by atoms with Gasteiger partial charge in [-0.3, -0.25) is 0 Å². The second kappa shape index (κ2) is 10.1. The first-order valence-corrected chi connectivity index (χ1v) is 14.2. The molecule has 1 unspecified atom stereocenters. The van der Waals surface area contributed by atoms with E-state index in [0.717, 1.165) is 16.7 Å². The fourth-order valence-corrected chi connectivity index (χ4v) is 4.60. The number of hydrogen-bond acceptors (Lipinski definition) is 3. The molecule has 3 rings (SSSR count). The summed E-state index contributed by atoms with van der Waals surface area (Å²) in [6, 6.07) is 30.7. The number of hydrogen-bond donors (Lipinski definition) is 1. The molecule has 0 aliphatic rings. The highest BCUT2D eigenvalue weighted by Crippen LogP contribution is 2.41. The van der Waals surface area contributed by atoms with E-state index in [9.17, 15) is 5.11 Å². The lowest BCUT2D eigenvalue weighted by molar-refractivity contribution is -0.0507. The summed E-state index contributed by atoms with van der Waals surface area (Å²) in [6.45, 7) is 11.4. The average Bonchev–Trinajstić information content (AvgIpc) is 2.79. The maximum absolute atomic E-state index is 10.9. The second-order valence-corrected chi connectivity index (χ2v) is 14.6. The van der Waals surface area contributed by atoms with Crippen LogP contribution in [-0.4, -0.2) is 32.7 Å². The quantitative estimate of drug-likeness (QED) is 0.305. The van der Waals surface area contributed by atoms with Gasteiger partial charge in [-0.1, -0.05) is 112 Å². The zero-order valence-corrected chi connectivity index (χ0v) is 20.9. The Labute approximate surface area is 194 Å². The summed E-state index contributed by atoms with van der Waals surface area (Å²) in [5.41, 5.74) is 2.24. The molecule has 0 aromatic heterocycles. The molecule has 0 fully saturated rings. The van der Waals surface area contributed by atoms with Crippen LogP contribution in [0.2, 0.25) is 18.1 Å². The molecule has 170 valence electrons. The van der Waals surface area contributed by atoms with E-state index in [1.165, 1.54) is 0 Å². The second-order valence-electron chi connectivity index (χ2n) is 9.82. The van der Waals surface area contributed by atoms with Gasteiger partial charge in [0, 0.05) is 0 Å². The number of ether oxygens (including phenoxy) is 1. The molecule has 0 saturated carbocycles. The third-order valence-corrected chi connectivity index (χ3v) is 11.0. The highest BCUT2D eigenvalue weighted by Gasteiger charge is 2.39. The van der Waals surface area contributed by atoms with Gasteiger partial charge in [0.05, 0.1) is 19.3 Å². The summed E-state index contributed by atoms with van der Waals surface area (Å²) >= 11 is 0. The minimum Gasteiger partial charge on any atom is -0.414 e. The average molecular weight is 449 g/mol. The van der Waals surface area contributed by atoms with Gasteiger partial charge in [0.15, 0.2) is 8.32 Å². The third-order valence-electron chi connectivity index (χ3n) is 6.48. The van der Waals surface area contributed by atoms with Crippen molar-refractivity contribution in [3.8, 4) is 0 Å².